The maximum atomic E-state index is 12.7. The molecule has 0 saturated carbocycles. The number of hydrogen-bond acceptors (Lipinski definition) is 3. The number of amides is 1. The Kier molecular flexibility index (Phi) is 6.81. The number of unbranched alkanes of at least 4 members (excludes halogenated alkanes) is 2. The summed E-state index contributed by atoms with van der Waals surface area (Å²) in [5.74, 6) is 0.0468. The first kappa shape index (κ1) is 22.0. The number of nitrogens with zero attached hydrogens (tertiary/aromatic N) is 1. The van der Waals surface area contributed by atoms with Crippen molar-refractivity contribution in [1.29, 1.82) is 0 Å². The fraction of sp³-hybridized carbons (Fsp3) is 0.269. The summed E-state index contributed by atoms with van der Waals surface area (Å²) in [6.45, 7) is 2.57. The van der Waals surface area contributed by atoms with Crippen LogP contribution in [0.5, 0.6) is 0 Å². The first-order valence-corrected chi connectivity index (χ1v) is 11.4. The van der Waals surface area contributed by atoms with Crippen molar-refractivity contribution in [2.75, 3.05) is 0 Å². The summed E-state index contributed by atoms with van der Waals surface area (Å²) in [5, 5.41) is 6.10. The Hall–Kier alpha value is -3.25. The number of rotatable bonds is 8. The van der Waals surface area contributed by atoms with Gasteiger partial charge in [0.25, 0.3) is 5.56 Å². The van der Waals surface area contributed by atoms with E-state index in [1.54, 1.807) is 10.6 Å². The molecule has 1 unspecified atom stereocenters. The number of aromatic amines is 1. The molecule has 0 fully saturated rings. The SMILES string of the molecule is CC(NC(=O)CCCCCn1c(=S)[nH]c2ccccc2c1=O)c1cccc2ccccc12. The fourth-order valence-electron chi connectivity index (χ4n) is 4.15. The van der Waals surface area contributed by atoms with Gasteiger partial charge >= 0.3 is 0 Å². The standard InChI is InChI=1S/C26H27N3O2S/c1-18(20-14-9-11-19-10-4-5-12-21(19)20)27-24(30)16-3-2-8-17-29-25(31)22-13-6-7-15-23(22)28-26(29)32/h4-7,9-15,18H,2-3,8,16-17H2,1H3,(H,27,30)(H,28,32). The molecule has 0 spiro atoms. The van der Waals surface area contributed by atoms with Crippen LogP contribution in [-0.4, -0.2) is 15.5 Å². The minimum atomic E-state index is -0.0639. The van der Waals surface area contributed by atoms with Crippen LogP contribution in [0.3, 0.4) is 0 Å². The Labute approximate surface area is 192 Å². The zero-order valence-electron chi connectivity index (χ0n) is 18.1. The van der Waals surface area contributed by atoms with Gasteiger partial charge in [-0.15, -0.1) is 0 Å². The van der Waals surface area contributed by atoms with Gasteiger partial charge in [-0.3, -0.25) is 14.2 Å². The predicted octanol–water partition coefficient (Wildman–Crippen LogP) is 5.65. The number of carbonyl (C=O) groups excluding carboxylic acids is 1. The van der Waals surface area contributed by atoms with Crippen LogP contribution in [0, 0.1) is 4.77 Å². The highest BCUT2D eigenvalue weighted by Gasteiger charge is 2.12. The topological polar surface area (TPSA) is 66.9 Å². The van der Waals surface area contributed by atoms with E-state index in [9.17, 15) is 9.59 Å². The third-order valence-corrected chi connectivity index (χ3v) is 6.16. The quantitative estimate of drug-likeness (QED) is 0.272. The predicted molar refractivity (Wildman–Crippen MR) is 132 cm³/mol. The molecule has 1 amide bonds. The van der Waals surface area contributed by atoms with Gasteiger partial charge < -0.3 is 10.3 Å². The van der Waals surface area contributed by atoms with E-state index in [4.69, 9.17) is 12.2 Å². The average molecular weight is 446 g/mol. The molecule has 0 aliphatic heterocycles. The highest BCUT2D eigenvalue weighted by Crippen LogP contribution is 2.24. The van der Waals surface area contributed by atoms with Crippen LogP contribution >= 0.6 is 12.2 Å². The van der Waals surface area contributed by atoms with Crippen molar-refractivity contribution in [2.45, 2.75) is 45.2 Å². The smallest absolute Gasteiger partial charge is 0.262 e. The average Bonchev–Trinajstić information content (AvgIpc) is 2.80. The Morgan fingerprint density at radius 3 is 2.53 bits per heavy atom. The first-order valence-electron chi connectivity index (χ1n) is 11.0. The molecule has 4 aromatic rings. The number of nitrogens with one attached hydrogen (secondary N) is 2. The van der Waals surface area contributed by atoms with Crippen molar-refractivity contribution in [2.24, 2.45) is 0 Å². The molecule has 3 aromatic carbocycles. The Balaban J connectivity index is 1.28. The van der Waals surface area contributed by atoms with Crippen LogP contribution in [0.4, 0.5) is 0 Å². The Morgan fingerprint density at radius 2 is 1.69 bits per heavy atom. The van der Waals surface area contributed by atoms with Crippen molar-refractivity contribution in [3.63, 3.8) is 0 Å². The lowest BCUT2D eigenvalue weighted by molar-refractivity contribution is -0.121. The molecule has 1 heterocycles. The minimum Gasteiger partial charge on any atom is -0.350 e. The van der Waals surface area contributed by atoms with Crippen LogP contribution in [0.1, 0.15) is 44.2 Å². The monoisotopic (exact) mass is 445 g/mol. The van der Waals surface area contributed by atoms with Crippen LogP contribution in [0.15, 0.2) is 71.5 Å². The van der Waals surface area contributed by atoms with Gasteiger partial charge in [-0.25, -0.2) is 0 Å². The molecular formula is C26H27N3O2S. The highest BCUT2D eigenvalue weighted by atomic mass is 32.1. The second-order valence-corrected chi connectivity index (χ2v) is 8.49. The van der Waals surface area contributed by atoms with E-state index < -0.39 is 0 Å². The van der Waals surface area contributed by atoms with E-state index >= 15 is 0 Å². The summed E-state index contributed by atoms with van der Waals surface area (Å²) >= 11 is 5.36. The van der Waals surface area contributed by atoms with E-state index in [1.165, 1.54) is 10.8 Å². The lowest BCUT2D eigenvalue weighted by Crippen LogP contribution is -2.26. The third kappa shape index (κ3) is 4.81. The van der Waals surface area contributed by atoms with Gasteiger partial charge in [0.05, 0.1) is 16.9 Å². The van der Waals surface area contributed by atoms with Gasteiger partial charge in [0.15, 0.2) is 4.77 Å². The van der Waals surface area contributed by atoms with Crippen molar-refractivity contribution >= 4 is 39.8 Å². The number of hydrogen-bond donors (Lipinski definition) is 2. The summed E-state index contributed by atoms with van der Waals surface area (Å²) in [5.41, 5.74) is 1.82. The molecule has 0 aliphatic carbocycles. The van der Waals surface area contributed by atoms with Gasteiger partial charge in [0, 0.05) is 13.0 Å². The van der Waals surface area contributed by atoms with Crippen molar-refractivity contribution in [3.05, 3.63) is 87.4 Å². The molecule has 4 rings (SSSR count). The molecule has 6 heteroatoms. The number of carbonyl (C=O) groups is 1. The molecule has 0 radical (unpaired) electrons. The van der Waals surface area contributed by atoms with E-state index in [-0.39, 0.29) is 17.5 Å². The number of benzene rings is 3. The molecule has 1 aromatic heterocycles. The van der Waals surface area contributed by atoms with Gasteiger partial charge in [-0.2, -0.15) is 0 Å². The number of para-hydroxylation sites is 1. The van der Waals surface area contributed by atoms with E-state index in [0.717, 1.165) is 30.3 Å². The zero-order valence-corrected chi connectivity index (χ0v) is 19.0. The van der Waals surface area contributed by atoms with E-state index in [1.807, 2.05) is 43.3 Å². The lowest BCUT2D eigenvalue weighted by atomic mass is 9.99. The zero-order chi connectivity index (χ0) is 22.5. The normalized spacial score (nSPS) is 12.2. The van der Waals surface area contributed by atoms with Crippen molar-refractivity contribution in [3.8, 4) is 0 Å². The van der Waals surface area contributed by atoms with Crippen molar-refractivity contribution < 1.29 is 4.79 Å². The van der Waals surface area contributed by atoms with Gasteiger partial charge in [0.2, 0.25) is 5.91 Å². The van der Waals surface area contributed by atoms with E-state index in [0.29, 0.717) is 23.1 Å². The molecule has 0 bridgehead atoms. The molecule has 2 N–H and O–H groups in total. The van der Waals surface area contributed by atoms with Gasteiger partial charge in [0.1, 0.15) is 0 Å². The van der Waals surface area contributed by atoms with Crippen molar-refractivity contribution in [1.82, 2.24) is 14.9 Å². The van der Waals surface area contributed by atoms with Crippen LogP contribution < -0.4 is 10.9 Å². The first-order chi connectivity index (χ1) is 15.5. The second kappa shape index (κ2) is 9.92. The number of H-pyrrole nitrogens is 1. The van der Waals surface area contributed by atoms with Gasteiger partial charge in [-0.05, 0) is 60.5 Å². The van der Waals surface area contributed by atoms with Crippen LogP contribution in [-0.2, 0) is 11.3 Å². The summed E-state index contributed by atoms with van der Waals surface area (Å²) < 4.78 is 2.05. The molecule has 1 atom stereocenters. The molecule has 0 aliphatic rings. The lowest BCUT2D eigenvalue weighted by Gasteiger charge is -2.16. The summed E-state index contributed by atoms with van der Waals surface area (Å²) in [4.78, 5) is 28.3. The van der Waals surface area contributed by atoms with Gasteiger partial charge in [-0.1, -0.05) is 61.0 Å². The molecular weight excluding hydrogens is 418 g/mol. The summed E-state index contributed by atoms with van der Waals surface area (Å²) in [6, 6.07) is 21.7. The molecule has 5 nitrogen and oxygen atoms in total. The molecule has 164 valence electrons. The van der Waals surface area contributed by atoms with E-state index in [2.05, 4.69) is 34.6 Å². The number of fused-ring (bicyclic) bond motifs is 2. The summed E-state index contributed by atoms with van der Waals surface area (Å²) in [7, 11) is 0. The maximum Gasteiger partial charge on any atom is 0.262 e. The fourth-order valence-corrected chi connectivity index (χ4v) is 4.44. The number of aromatic nitrogens is 2. The minimum absolute atomic E-state index is 0.0468. The molecule has 0 saturated heterocycles. The maximum absolute atomic E-state index is 12.7. The third-order valence-electron chi connectivity index (χ3n) is 5.84. The largest absolute Gasteiger partial charge is 0.350 e. The highest BCUT2D eigenvalue weighted by molar-refractivity contribution is 7.71. The Morgan fingerprint density at radius 1 is 0.969 bits per heavy atom. The van der Waals surface area contributed by atoms with Crippen LogP contribution in [0.2, 0.25) is 0 Å². The van der Waals surface area contributed by atoms with Crippen LogP contribution in [0.25, 0.3) is 21.7 Å². The second-order valence-electron chi connectivity index (χ2n) is 8.10. The Bertz CT molecular complexity index is 1370. The molecule has 32 heavy (non-hydrogen) atoms. The summed E-state index contributed by atoms with van der Waals surface area (Å²) in [6.07, 6.45) is 2.88.